The van der Waals surface area contributed by atoms with Gasteiger partial charge in [0.15, 0.2) is 0 Å². The molecule has 1 N–H and O–H groups in total. The summed E-state index contributed by atoms with van der Waals surface area (Å²) in [6, 6.07) is 10.7. The summed E-state index contributed by atoms with van der Waals surface area (Å²) in [5, 5.41) is 8.89. The number of aliphatic hydroxyl groups excluding tert-OH is 1. The van der Waals surface area contributed by atoms with E-state index >= 15 is 0 Å². The van der Waals surface area contributed by atoms with Gasteiger partial charge in [0.1, 0.15) is 24.0 Å². The van der Waals surface area contributed by atoms with Gasteiger partial charge in [-0.1, -0.05) is 12.1 Å². The topological polar surface area (TPSA) is 29.5 Å². The smallest absolute Gasteiger partial charge is 0.129 e. The predicted molar refractivity (Wildman–Crippen MR) is 63.7 cm³/mol. The lowest BCUT2D eigenvalue weighted by Crippen LogP contribution is -1.90. The van der Waals surface area contributed by atoms with E-state index in [1.54, 1.807) is 24.3 Å². The largest absolute Gasteiger partial charge is 0.457 e. The van der Waals surface area contributed by atoms with Gasteiger partial charge in [0.2, 0.25) is 0 Å². The molecule has 94 valence electrons. The Morgan fingerprint density at radius 2 is 1.67 bits per heavy atom. The van der Waals surface area contributed by atoms with E-state index in [1.807, 2.05) is 0 Å². The predicted octanol–water partition coefficient (Wildman–Crippen LogP) is 3.58. The molecule has 2 aromatic carbocycles. The van der Waals surface area contributed by atoms with E-state index in [-0.39, 0.29) is 12.2 Å². The van der Waals surface area contributed by atoms with Crippen LogP contribution in [-0.2, 0) is 13.3 Å². The van der Waals surface area contributed by atoms with E-state index in [0.717, 1.165) is 5.56 Å². The number of ether oxygens (including phenoxy) is 1. The Hall–Kier alpha value is -1.94. The molecule has 0 aliphatic carbocycles. The highest BCUT2D eigenvalue weighted by Gasteiger charge is 2.05. The highest BCUT2D eigenvalue weighted by Crippen LogP contribution is 2.24. The Balaban J connectivity index is 2.17. The lowest BCUT2D eigenvalue weighted by atomic mass is 10.2. The van der Waals surface area contributed by atoms with Crippen LogP contribution in [0.3, 0.4) is 0 Å². The zero-order valence-electron chi connectivity index (χ0n) is 9.57. The summed E-state index contributed by atoms with van der Waals surface area (Å²) in [5.41, 5.74) is 0.741. The van der Waals surface area contributed by atoms with Crippen molar-refractivity contribution in [2.75, 3.05) is 0 Å². The maximum atomic E-state index is 13.1. The number of benzene rings is 2. The molecular formula is C14H12F2O2. The van der Waals surface area contributed by atoms with Crippen LogP contribution in [0.1, 0.15) is 11.1 Å². The highest BCUT2D eigenvalue weighted by atomic mass is 19.1. The van der Waals surface area contributed by atoms with Crippen LogP contribution in [-0.4, -0.2) is 5.11 Å². The van der Waals surface area contributed by atoms with Gasteiger partial charge >= 0.3 is 0 Å². The number of hydrogen-bond donors (Lipinski definition) is 1. The number of alkyl halides is 1. The van der Waals surface area contributed by atoms with Crippen molar-refractivity contribution in [1.29, 1.82) is 0 Å². The van der Waals surface area contributed by atoms with Crippen molar-refractivity contribution < 1.29 is 18.6 Å². The molecule has 2 nitrogen and oxygen atoms in total. The van der Waals surface area contributed by atoms with E-state index in [4.69, 9.17) is 9.84 Å². The molecule has 0 bridgehead atoms. The average molecular weight is 250 g/mol. The second kappa shape index (κ2) is 5.60. The second-order valence-corrected chi connectivity index (χ2v) is 3.79. The summed E-state index contributed by atoms with van der Waals surface area (Å²) in [4.78, 5) is 0. The maximum Gasteiger partial charge on any atom is 0.129 e. The molecule has 0 unspecified atom stereocenters. The summed E-state index contributed by atoms with van der Waals surface area (Å²) in [6.45, 7) is -0.907. The molecule has 0 fully saturated rings. The minimum Gasteiger partial charge on any atom is -0.457 e. The standard InChI is InChI=1S/C14H12F2O2/c15-8-11-7-13(5-6-14(11)16)18-12-3-1-10(9-17)2-4-12/h1-7,17H,8-9H2. The molecule has 0 radical (unpaired) electrons. The number of halogens is 2. The quantitative estimate of drug-likeness (QED) is 0.898. The van der Waals surface area contributed by atoms with Crippen LogP contribution in [0.4, 0.5) is 8.78 Å². The third-order valence-corrected chi connectivity index (χ3v) is 2.50. The van der Waals surface area contributed by atoms with Crippen molar-refractivity contribution >= 4 is 0 Å². The lowest BCUT2D eigenvalue weighted by Gasteiger charge is -2.07. The highest BCUT2D eigenvalue weighted by molar-refractivity contribution is 5.35. The van der Waals surface area contributed by atoms with Crippen LogP contribution in [0.25, 0.3) is 0 Å². The average Bonchev–Trinajstić information content (AvgIpc) is 2.42. The van der Waals surface area contributed by atoms with Crippen molar-refractivity contribution in [2.45, 2.75) is 13.3 Å². The van der Waals surface area contributed by atoms with E-state index < -0.39 is 12.5 Å². The normalized spacial score (nSPS) is 10.4. The van der Waals surface area contributed by atoms with Gasteiger partial charge in [0, 0.05) is 5.56 Å². The van der Waals surface area contributed by atoms with Gasteiger partial charge in [-0.05, 0) is 35.9 Å². The number of aliphatic hydroxyl groups is 1. The third kappa shape index (κ3) is 2.84. The summed E-state index contributed by atoms with van der Waals surface area (Å²) in [6.07, 6.45) is 0. The molecule has 0 spiro atoms. The summed E-state index contributed by atoms with van der Waals surface area (Å²) in [5.74, 6) is 0.338. The minimum atomic E-state index is -0.869. The van der Waals surface area contributed by atoms with Crippen molar-refractivity contribution in [2.24, 2.45) is 0 Å². The van der Waals surface area contributed by atoms with Gasteiger partial charge in [-0.2, -0.15) is 0 Å². The van der Waals surface area contributed by atoms with E-state index in [9.17, 15) is 8.78 Å². The minimum absolute atomic E-state index is 0.0283. The van der Waals surface area contributed by atoms with E-state index in [2.05, 4.69) is 0 Å². The van der Waals surface area contributed by atoms with Crippen molar-refractivity contribution in [3.8, 4) is 11.5 Å². The Bertz CT molecular complexity index is 524. The maximum absolute atomic E-state index is 13.1. The molecule has 2 aromatic rings. The molecule has 0 atom stereocenters. The van der Waals surface area contributed by atoms with Gasteiger partial charge in [-0.25, -0.2) is 8.78 Å². The van der Waals surface area contributed by atoms with Crippen LogP contribution in [0, 0.1) is 5.82 Å². The van der Waals surface area contributed by atoms with Crippen molar-refractivity contribution in [3.63, 3.8) is 0 Å². The van der Waals surface area contributed by atoms with Crippen LogP contribution in [0.15, 0.2) is 42.5 Å². The Kier molecular flexibility index (Phi) is 3.89. The molecule has 18 heavy (non-hydrogen) atoms. The molecule has 0 amide bonds. The molecular weight excluding hydrogens is 238 g/mol. The first-order valence-corrected chi connectivity index (χ1v) is 5.45. The molecule has 0 aliphatic rings. The SMILES string of the molecule is OCc1ccc(Oc2ccc(F)c(CF)c2)cc1. The summed E-state index contributed by atoms with van der Waals surface area (Å²) in [7, 11) is 0. The fourth-order valence-electron chi connectivity index (χ4n) is 1.52. The van der Waals surface area contributed by atoms with Gasteiger partial charge in [-0.3, -0.25) is 0 Å². The molecule has 0 aromatic heterocycles. The molecule has 2 rings (SSSR count). The fourth-order valence-corrected chi connectivity index (χ4v) is 1.52. The van der Waals surface area contributed by atoms with E-state index in [1.165, 1.54) is 18.2 Å². The first-order chi connectivity index (χ1) is 8.72. The Morgan fingerprint density at radius 3 is 2.28 bits per heavy atom. The molecule has 0 saturated carbocycles. The molecule has 0 aliphatic heterocycles. The lowest BCUT2D eigenvalue weighted by molar-refractivity contribution is 0.281. The third-order valence-electron chi connectivity index (χ3n) is 2.50. The van der Waals surface area contributed by atoms with Crippen molar-refractivity contribution in [1.82, 2.24) is 0 Å². The second-order valence-electron chi connectivity index (χ2n) is 3.79. The van der Waals surface area contributed by atoms with Crippen LogP contribution < -0.4 is 4.74 Å². The first-order valence-electron chi connectivity index (χ1n) is 5.45. The van der Waals surface area contributed by atoms with Crippen molar-refractivity contribution in [3.05, 3.63) is 59.4 Å². The number of hydrogen-bond acceptors (Lipinski definition) is 2. The summed E-state index contributed by atoms with van der Waals surface area (Å²) >= 11 is 0. The number of rotatable bonds is 4. The first kappa shape index (κ1) is 12.5. The van der Waals surface area contributed by atoms with Crippen LogP contribution in [0.2, 0.25) is 0 Å². The zero-order valence-corrected chi connectivity index (χ0v) is 9.57. The van der Waals surface area contributed by atoms with Gasteiger partial charge < -0.3 is 9.84 Å². The monoisotopic (exact) mass is 250 g/mol. The van der Waals surface area contributed by atoms with E-state index in [0.29, 0.717) is 11.5 Å². The zero-order chi connectivity index (χ0) is 13.0. The molecule has 0 saturated heterocycles. The summed E-state index contributed by atoms with van der Waals surface area (Å²) < 4.78 is 31.0. The van der Waals surface area contributed by atoms with Crippen LogP contribution >= 0.6 is 0 Å². The molecule has 0 heterocycles. The van der Waals surface area contributed by atoms with Crippen LogP contribution in [0.5, 0.6) is 11.5 Å². The fraction of sp³-hybridized carbons (Fsp3) is 0.143. The van der Waals surface area contributed by atoms with Gasteiger partial charge in [-0.15, -0.1) is 0 Å². The Morgan fingerprint density at radius 1 is 1.00 bits per heavy atom. The van der Waals surface area contributed by atoms with Gasteiger partial charge in [0.05, 0.1) is 6.61 Å². The van der Waals surface area contributed by atoms with Gasteiger partial charge in [0.25, 0.3) is 0 Å². The Labute approximate surface area is 103 Å². The molecule has 4 heteroatoms.